The molecular formula is C26H22N2O2. The predicted octanol–water partition coefficient (Wildman–Crippen LogP) is 4.42. The number of hydrogen-bond donors (Lipinski definition) is 0. The van der Waals surface area contributed by atoms with Crippen molar-refractivity contribution in [2.75, 3.05) is 18.5 Å². The van der Waals surface area contributed by atoms with E-state index in [-0.39, 0.29) is 29.7 Å². The third-order valence-electron chi connectivity index (χ3n) is 7.07. The van der Waals surface area contributed by atoms with Crippen molar-refractivity contribution >= 4 is 17.5 Å². The number of carbonyl (C=O) groups excluding carboxylic acids is 2. The van der Waals surface area contributed by atoms with Crippen molar-refractivity contribution in [2.24, 2.45) is 0 Å². The fourth-order valence-corrected chi connectivity index (χ4v) is 5.75. The number of amides is 2. The second kappa shape index (κ2) is 6.30. The van der Waals surface area contributed by atoms with Crippen LogP contribution >= 0.6 is 0 Å². The van der Waals surface area contributed by atoms with Crippen molar-refractivity contribution in [3.05, 3.63) is 101 Å². The summed E-state index contributed by atoms with van der Waals surface area (Å²) in [6.07, 6.45) is 0.879. The molecule has 3 aromatic rings. The molecule has 0 aromatic heterocycles. The number of hydrogen-bond acceptors (Lipinski definition) is 2. The lowest BCUT2D eigenvalue weighted by Gasteiger charge is -2.45. The Hall–Kier alpha value is -3.40. The molecule has 0 saturated heterocycles. The molecule has 3 aliphatic rings. The highest BCUT2D eigenvalue weighted by atomic mass is 16.2. The lowest BCUT2D eigenvalue weighted by Crippen LogP contribution is -2.48. The van der Waals surface area contributed by atoms with Gasteiger partial charge in [-0.2, -0.15) is 0 Å². The van der Waals surface area contributed by atoms with Gasteiger partial charge in [0.15, 0.2) is 0 Å². The zero-order valence-corrected chi connectivity index (χ0v) is 16.8. The quantitative estimate of drug-likeness (QED) is 0.613. The van der Waals surface area contributed by atoms with Gasteiger partial charge in [-0.25, -0.2) is 0 Å². The standard InChI is InChI=1S/C26H22N2O2/c1-27-22-14-17-15-28(25(29)16-8-3-2-4-9-16)21-13-7-12-20(23(17)21)24(22)18-10-5-6-11-19(18)26(27)30/h2-13,17,22,24H,14-15H2,1H3/t17-,22-,24-/m1/s1. The minimum Gasteiger partial charge on any atom is -0.338 e. The number of likely N-dealkylation sites (N-methyl/N-ethyl adjacent to an activating group) is 1. The van der Waals surface area contributed by atoms with E-state index >= 15 is 0 Å². The molecule has 1 aliphatic carbocycles. The molecule has 0 fully saturated rings. The average Bonchev–Trinajstić information content (AvgIpc) is 3.17. The van der Waals surface area contributed by atoms with Crippen molar-refractivity contribution < 1.29 is 9.59 Å². The SMILES string of the molecule is CN1C(=O)c2ccccc2[C@@H]2c3cccc4c3[C@H](C[C@H]21)CN4C(=O)c1ccccc1. The van der Waals surface area contributed by atoms with Crippen LogP contribution in [-0.2, 0) is 0 Å². The second-order valence-corrected chi connectivity index (χ2v) is 8.54. The summed E-state index contributed by atoms with van der Waals surface area (Å²) in [4.78, 5) is 30.2. The van der Waals surface area contributed by atoms with Gasteiger partial charge in [-0.05, 0) is 47.4 Å². The first-order chi connectivity index (χ1) is 14.6. The van der Waals surface area contributed by atoms with Crippen LogP contribution in [0.1, 0.15) is 55.7 Å². The molecule has 4 heteroatoms. The third-order valence-corrected chi connectivity index (χ3v) is 7.07. The van der Waals surface area contributed by atoms with Crippen LogP contribution in [0.4, 0.5) is 5.69 Å². The van der Waals surface area contributed by atoms with Crippen LogP contribution in [0.25, 0.3) is 0 Å². The maximum Gasteiger partial charge on any atom is 0.258 e. The average molecular weight is 394 g/mol. The summed E-state index contributed by atoms with van der Waals surface area (Å²) in [5, 5.41) is 0. The van der Waals surface area contributed by atoms with Gasteiger partial charge in [0.1, 0.15) is 0 Å². The Balaban J connectivity index is 1.50. The second-order valence-electron chi connectivity index (χ2n) is 8.54. The van der Waals surface area contributed by atoms with Gasteiger partial charge in [-0.15, -0.1) is 0 Å². The molecule has 2 aliphatic heterocycles. The highest BCUT2D eigenvalue weighted by Gasteiger charge is 2.48. The van der Waals surface area contributed by atoms with E-state index in [1.54, 1.807) is 0 Å². The van der Waals surface area contributed by atoms with E-state index in [0.717, 1.165) is 23.2 Å². The number of benzene rings is 3. The van der Waals surface area contributed by atoms with E-state index in [0.29, 0.717) is 12.1 Å². The van der Waals surface area contributed by atoms with Crippen molar-refractivity contribution in [2.45, 2.75) is 24.3 Å². The van der Waals surface area contributed by atoms with E-state index in [9.17, 15) is 9.59 Å². The minimum atomic E-state index is 0.0474. The molecule has 3 atom stereocenters. The van der Waals surface area contributed by atoms with Crippen LogP contribution in [0.5, 0.6) is 0 Å². The molecule has 148 valence electrons. The molecule has 4 nitrogen and oxygen atoms in total. The normalized spacial score (nSPS) is 23.6. The fraction of sp³-hybridized carbons (Fsp3) is 0.231. The zero-order valence-electron chi connectivity index (χ0n) is 16.8. The molecule has 0 radical (unpaired) electrons. The maximum absolute atomic E-state index is 13.3. The number of rotatable bonds is 1. The molecule has 0 spiro atoms. The summed E-state index contributed by atoms with van der Waals surface area (Å²) in [5.41, 5.74) is 6.22. The van der Waals surface area contributed by atoms with Crippen LogP contribution in [-0.4, -0.2) is 36.3 Å². The van der Waals surface area contributed by atoms with E-state index in [1.807, 2.05) is 65.4 Å². The molecular weight excluding hydrogens is 372 g/mol. The van der Waals surface area contributed by atoms with Gasteiger partial charge in [-0.3, -0.25) is 9.59 Å². The fourth-order valence-electron chi connectivity index (χ4n) is 5.75. The van der Waals surface area contributed by atoms with Gasteiger partial charge in [0.25, 0.3) is 11.8 Å². The summed E-state index contributed by atoms with van der Waals surface area (Å²) >= 11 is 0. The molecule has 2 heterocycles. The molecule has 0 saturated carbocycles. The van der Waals surface area contributed by atoms with Gasteiger partial charge in [0, 0.05) is 48.3 Å². The van der Waals surface area contributed by atoms with Crippen LogP contribution in [0.3, 0.4) is 0 Å². The highest BCUT2D eigenvalue weighted by Crippen LogP contribution is 2.53. The Kier molecular flexibility index (Phi) is 3.66. The minimum absolute atomic E-state index is 0.0474. The van der Waals surface area contributed by atoms with Gasteiger partial charge in [-0.1, -0.05) is 48.5 Å². The van der Waals surface area contributed by atoms with Crippen LogP contribution in [0.15, 0.2) is 72.8 Å². The Labute approximate surface area is 175 Å². The Morgan fingerprint density at radius 2 is 1.63 bits per heavy atom. The van der Waals surface area contributed by atoms with Gasteiger partial charge in [0.05, 0.1) is 0 Å². The lowest BCUT2D eigenvalue weighted by atomic mass is 9.68. The molecule has 2 amide bonds. The lowest BCUT2D eigenvalue weighted by molar-refractivity contribution is 0.0662. The Morgan fingerprint density at radius 3 is 2.47 bits per heavy atom. The number of fused-ring (bicyclic) bond motifs is 4. The van der Waals surface area contributed by atoms with Gasteiger partial charge >= 0.3 is 0 Å². The van der Waals surface area contributed by atoms with Crippen molar-refractivity contribution in [1.82, 2.24) is 4.90 Å². The Morgan fingerprint density at radius 1 is 0.900 bits per heavy atom. The smallest absolute Gasteiger partial charge is 0.258 e. The van der Waals surface area contributed by atoms with Crippen LogP contribution in [0, 0.1) is 0 Å². The number of carbonyl (C=O) groups is 2. The molecule has 3 aromatic carbocycles. The summed E-state index contributed by atoms with van der Waals surface area (Å²) in [7, 11) is 1.92. The van der Waals surface area contributed by atoms with E-state index in [4.69, 9.17) is 0 Å². The number of nitrogens with zero attached hydrogens (tertiary/aromatic N) is 2. The van der Waals surface area contributed by atoms with Gasteiger partial charge in [0.2, 0.25) is 0 Å². The van der Waals surface area contributed by atoms with Crippen molar-refractivity contribution in [3.8, 4) is 0 Å². The summed E-state index contributed by atoms with van der Waals surface area (Å²) in [6, 6.07) is 23.9. The monoisotopic (exact) mass is 394 g/mol. The van der Waals surface area contributed by atoms with Gasteiger partial charge < -0.3 is 9.80 Å². The van der Waals surface area contributed by atoms with E-state index < -0.39 is 0 Å². The van der Waals surface area contributed by atoms with E-state index in [1.165, 1.54) is 11.1 Å². The molecule has 30 heavy (non-hydrogen) atoms. The Bertz CT molecular complexity index is 1190. The topological polar surface area (TPSA) is 40.6 Å². The predicted molar refractivity (Wildman–Crippen MR) is 116 cm³/mol. The first kappa shape index (κ1) is 17.5. The van der Waals surface area contributed by atoms with Crippen LogP contribution < -0.4 is 4.90 Å². The largest absolute Gasteiger partial charge is 0.338 e. The summed E-state index contributed by atoms with van der Waals surface area (Å²) in [6.45, 7) is 0.674. The molecule has 6 rings (SSSR count). The van der Waals surface area contributed by atoms with Crippen molar-refractivity contribution in [1.29, 1.82) is 0 Å². The van der Waals surface area contributed by atoms with Crippen molar-refractivity contribution in [3.63, 3.8) is 0 Å². The molecule has 0 bridgehead atoms. The molecule has 0 N–H and O–H groups in total. The molecule has 0 unspecified atom stereocenters. The highest BCUT2D eigenvalue weighted by molar-refractivity contribution is 6.08. The first-order valence-electron chi connectivity index (χ1n) is 10.5. The van der Waals surface area contributed by atoms with Crippen LogP contribution in [0.2, 0.25) is 0 Å². The first-order valence-corrected chi connectivity index (χ1v) is 10.5. The van der Waals surface area contributed by atoms with E-state index in [2.05, 4.69) is 24.3 Å². The zero-order chi connectivity index (χ0) is 20.4. The number of anilines is 1. The summed E-state index contributed by atoms with van der Waals surface area (Å²) < 4.78 is 0. The maximum atomic E-state index is 13.3. The third kappa shape index (κ3) is 2.28. The summed E-state index contributed by atoms with van der Waals surface area (Å²) in [5.74, 6) is 0.556.